The number of alkyl halides is 6. The quantitative estimate of drug-likeness (QED) is 0.141. The minimum Gasteiger partial charge on any atom is -0.450 e. The summed E-state index contributed by atoms with van der Waals surface area (Å²) >= 11 is 0. The lowest BCUT2D eigenvalue weighted by atomic mass is 10.1. The zero-order valence-corrected chi connectivity index (χ0v) is 20.6. The van der Waals surface area contributed by atoms with Crippen LogP contribution < -0.4 is 9.47 Å². The van der Waals surface area contributed by atoms with Gasteiger partial charge in [-0.3, -0.25) is 40.5 Å². The van der Waals surface area contributed by atoms with Crippen molar-refractivity contribution in [2.45, 2.75) is 12.4 Å². The average molecular weight is 640 g/mol. The number of hydrogen-bond acceptors (Lipinski definition) is 11. The number of carbonyl (C=O) groups is 1. The van der Waals surface area contributed by atoms with Crippen LogP contribution in [0, 0.1) is 40.5 Å². The molecule has 0 aliphatic carbocycles. The number of nitrogens with zero attached hydrogens (tertiary/aromatic N) is 4. The Labute approximate surface area is 235 Å². The molecule has 0 amide bonds. The second kappa shape index (κ2) is 12.7. The number of ether oxygens (including phenoxy) is 2. The Morgan fingerprint density at radius 2 is 0.841 bits per heavy atom. The van der Waals surface area contributed by atoms with Gasteiger partial charge in [-0.1, -0.05) is 6.07 Å². The smallest absolute Gasteiger partial charge is 0.450 e. The number of nitro groups is 4. The van der Waals surface area contributed by atoms with E-state index in [9.17, 15) is 66.8 Å². The normalized spacial score (nSPS) is 11.0. The van der Waals surface area contributed by atoms with Gasteiger partial charge in [0.05, 0.1) is 30.8 Å². The van der Waals surface area contributed by atoms with E-state index < -0.39 is 95.1 Å². The van der Waals surface area contributed by atoms with E-state index in [0.29, 0.717) is 6.07 Å². The fourth-order valence-corrected chi connectivity index (χ4v) is 3.11. The minimum absolute atomic E-state index is 0.0301. The number of nitro benzene ring substituents is 4. The van der Waals surface area contributed by atoms with Gasteiger partial charge in [-0.25, -0.2) is 4.79 Å². The molecule has 23 heteroatoms. The van der Waals surface area contributed by atoms with E-state index in [0.717, 1.165) is 18.2 Å². The molecule has 0 atom stereocenters. The van der Waals surface area contributed by atoms with Crippen molar-refractivity contribution in [2.75, 3.05) is 0 Å². The third kappa shape index (κ3) is 8.37. The highest BCUT2D eigenvalue weighted by Gasteiger charge is 2.40. The first-order valence-electron chi connectivity index (χ1n) is 10.6. The summed E-state index contributed by atoms with van der Waals surface area (Å²) in [6, 6.07) is 3.48. The van der Waals surface area contributed by atoms with E-state index in [1.54, 1.807) is 0 Å². The fraction of sp³-hybridized carbons (Fsp3) is 0.0952. The van der Waals surface area contributed by atoms with Gasteiger partial charge in [-0.2, -0.15) is 26.3 Å². The van der Waals surface area contributed by atoms with Crippen LogP contribution in [0.25, 0.3) is 0 Å². The van der Waals surface area contributed by atoms with Crippen molar-refractivity contribution in [3.8, 4) is 23.0 Å². The molecular weight excluding hydrogens is 630 g/mol. The predicted octanol–water partition coefficient (Wildman–Crippen LogP) is 7.16. The monoisotopic (exact) mass is 640 g/mol. The van der Waals surface area contributed by atoms with Gasteiger partial charge >= 0.3 is 41.3 Å². The van der Waals surface area contributed by atoms with Crippen molar-refractivity contribution in [1.29, 1.82) is 0 Å². The standard InChI is InChI=1S/C20H8F6N4O10.CH2O3/c21-19(22,23)9-4-13(27(31)32)17(14(5-9)28(33)34)39-11-2-1-3-12(8-11)40-18-15(29(35)36)6-10(20(24,25)26)7-16(18)30(37)38;2-1(3)4/h1-8H;(H2,2,3,4). The molecule has 3 rings (SSSR count). The van der Waals surface area contributed by atoms with Crippen molar-refractivity contribution >= 4 is 28.9 Å². The zero-order chi connectivity index (χ0) is 33.7. The Hall–Kier alpha value is -6.29. The molecule has 0 saturated carbocycles. The second-order valence-corrected chi connectivity index (χ2v) is 7.67. The summed E-state index contributed by atoms with van der Waals surface area (Å²) in [6.07, 6.45) is -12.3. The molecule has 3 aromatic rings. The third-order valence-corrected chi connectivity index (χ3v) is 4.79. The van der Waals surface area contributed by atoms with Gasteiger partial charge in [0.2, 0.25) is 0 Å². The molecule has 0 saturated heterocycles. The summed E-state index contributed by atoms with van der Waals surface area (Å²) in [5.74, 6) is -3.74. The summed E-state index contributed by atoms with van der Waals surface area (Å²) in [7, 11) is 0. The lowest BCUT2D eigenvalue weighted by Crippen LogP contribution is -2.08. The van der Waals surface area contributed by atoms with Crippen molar-refractivity contribution in [3.63, 3.8) is 0 Å². The second-order valence-electron chi connectivity index (χ2n) is 7.67. The van der Waals surface area contributed by atoms with Gasteiger partial charge in [0.15, 0.2) is 0 Å². The molecule has 0 aliphatic rings. The summed E-state index contributed by atoms with van der Waals surface area (Å²) in [6.45, 7) is 0. The Morgan fingerprint density at radius 3 is 1.05 bits per heavy atom. The molecule has 0 spiro atoms. The zero-order valence-electron chi connectivity index (χ0n) is 20.6. The highest BCUT2D eigenvalue weighted by Crippen LogP contribution is 2.47. The molecule has 0 bridgehead atoms. The van der Waals surface area contributed by atoms with Gasteiger partial charge in [-0.05, 0) is 12.1 Å². The molecule has 17 nitrogen and oxygen atoms in total. The molecule has 234 valence electrons. The van der Waals surface area contributed by atoms with Gasteiger partial charge in [-0.15, -0.1) is 0 Å². The molecule has 44 heavy (non-hydrogen) atoms. The van der Waals surface area contributed by atoms with Gasteiger partial charge in [0.25, 0.3) is 11.5 Å². The molecule has 0 aromatic heterocycles. The number of halogens is 6. The Morgan fingerprint density at radius 1 is 0.591 bits per heavy atom. The average Bonchev–Trinajstić information content (AvgIpc) is 2.86. The third-order valence-electron chi connectivity index (χ3n) is 4.79. The summed E-state index contributed by atoms with van der Waals surface area (Å²) in [4.78, 5) is 48.5. The predicted molar refractivity (Wildman–Crippen MR) is 127 cm³/mol. The number of benzene rings is 3. The van der Waals surface area contributed by atoms with Crippen LogP contribution in [0.15, 0.2) is 48.5 Å². The topological polar surface area (TPSA) is 249 Å². The van der Waals surface area contributed by atoms with Crippen molar-refractivity contribution in [3.05, 3.63) is 100 Å². The summed E-state index contributed by atoms with van der Waals surface area (Å²) < 4.78 is 88.8. The van der Waals surface area contributed by atoms with E-state index >= 15 is 0 Å². The van der Waals surface area contributed by atoms with Crippen molar-refractivity contribution < 1.29 is 70.5 Å². The fourth-order valence-electron chi connectivity index (χ4n) is 3.11. The lowest BCUT2D eigenvalue weighted by Gasteiger charge is -2.13. The summed E-state index contributed by atoms with van der Waals surface area (Å²) in [5, 5.41) is 59.5. The van der Waals surface area contributed by atoms with Gasteiger partial charge in [0, 0.05) is 30.3 Å². The van der Waals surface area contributed by atoms with Crippen LogP contribution in [-0.4, -0.2) is 36.1 Å². The van der Waals surface area contributed by atoms with E-state index in [2.05, 4.69) is 0 Å². The first-order chi connectivity index (χ1) is 20.1. The van der Waals surface area contributed by atoms with Crippen molar-refractivity contribution in [1.82, 2.24) is 0 Å². The first-order valence-corrected chi connectivity index (χ1v) is 10.6. The number of carboxylic acid groups (broad SMARTS) is 2. The minimum atomic E-state index is -5.22. The maximum atomic E-state index is 13.1. The van der Waals surface area contributed by atoms with Crippen LogP contribution in [0.3, 0.4) is 0 Å². The molecule has 0 aliphatic heterocycles. The molecule has 0 fully saturated rings. The largest absolute Gasteiger partial charge is 0.503 e. The Bertz CT molecular complexity index is 1480. The Kier molecular flexibility index (Phi) is 9.79. The van der Waals surface area contributed by atoms with Crippen LogP contribution >= 0.6 is 0 Å². The number of rotatable bonds is 8. The molecule has 2 N–H and O–H groups in total. The molecular formula is C21H10F6N4O13. The van der Waals surface area contributed by atoms with Crippen LogP contribution in [0.5, 0.6) is 23.0 Å². The van der Waals surface area contributed by atoms with Gasteiger partial charge in [0.1, 0.15) is 11.5 Å². The number of hydrogen-bond donors (Lipinski definition) is 2. The van der Waals surface area contributed by atoms with Crippen LogP contribution in [0.1, 0.15) is 11.1 Å². The molecule has 0 unspecified atom stereocenters. The maximum absolute atomic E-state index is 13.1. The molecule has 0 radical (unpaired) electrons. The van der Waals surface area contributed by atoms with Crippen LogP contribution in [0.2, 0.25) is 0 Å². The van der Waals surface area contributed by atoms with E-state index in [1.165, 1.54) is 0 Å². The maximum Gasteiger partial charge on any atom is 0.503 e. The molecule has 3 aromatic carbocycles. The highest BCUT2D eigenvalue weighted by molar-refractivity contribution is 5.65. The van der Waals surface area contributed by atoms with Gasteiger partial charge < -0.3 is 19.7 Å². The molecule has 0 heterocycles. The van der Waals surface area contributed by atoms with Crippen molar-refractivity contribution in [2.24, 2.45) is 0 Å². The Balaban J connectivity index is 0.00000159. The summed E-state index contributed by atoms with van der Waals surface area (Å²) in [5.41, 5.74) is -9.36. The van der Waals surface area contributed by atoms with E-state index in [1.807, 2.05) is 0 Å². The highest BCUT2D eigenvalue weighted by atomic mass is 19.4. The van der Waals surface area contributed by atoms with Crippen LogP contribution in [-0.2, 0) is 12.4 Å². The lowest BCUT2D eigenvalue weighted by molar-refractivity contribution is -0.396. The SMILES string of the molecule is O=C(O)O.O=[N+]([O-])c1cc(C(F)(F)F)cc([N+](=O)[O-])c1Oc1cccc(Oc2c([N+](=O)[O-])cc(C(F)(F)F)cc2[N+](=O)[O-])c1. The van der Waals surface area contributed by atoms with E-state index in [4.69, 9.17) is 24.5 Å². The van der Waals surface area contributed by atoms with E-state index in [-0.39, 0.29) is 24.3 Å². The first kappa shape index (κ1) is 33.9. The van der Waals surface area contributed by atoms with Crippen LogP contribution in [0.4, 0.5) is 53.9 Å².